The minimum Gasteiger partial charge on any atom is -0.257 e. The van der Waals surface area contributed by atoms with E-state index < -0.39 is 17.2 Å². The molecule has 0 bridgehead atoms. The lowest BCUT2D eigenvalue weighted by atomic mass is 9.76. The number of hydrogen-bond acceptors (Lipinski definition) is 3. The SMILES string of the molecule is N#CCC(C#N)(c1ccc(Cl)cc1)c1ncc(C(F)(F)F)cc1Cl. The number of benzene rings is 1. The van der Waals surface area contributed by atoms with E-state index in [0.29, 0.717) is 22.8 Å². The van der Waals surface area contributed by atoms with Crippen LogP contribution in [0.1, 0.15) is 23.2 Å². The highest BCUT2D eigenvalue weighted by molar-refractivity contribution is 6.31. The van der Waals surface area contributed by atoms with Gasteiger partial charge in [0.1, 0.15) is 5.41 Å². The van der Waals surface area contributed by atoms with E-state index in [9.17, 15) is 18.4 Å². The standard InChI is InChI=1S/C16H8Cl2F3N3/c17-12-3-1-10(2-4-12)15(9-23,5-6-22)14-13(18)7-11(8-24-14)16(19,20)21/h1-4,7-8H,5H2. The summed E-state index contributed by atoms with van der Waals surface area (Å²) in [5.74, 6) is 0. The minimum atomic E-state index is -4.61. The van der Waals surface area contributed by atoms with Crippen molar-refractivity contribution in [1.82, 2.24) is 4.98 Å². The van der Waals surface area contributed by atoms with E-state index in [4.69, 9.17) is 28.5 Å². The Morgan fingerprint density at radius 1 is 1.04 bits per heavy atom. The molecule has 3 nitrogen and oxygen atoms in total. The van der Waals surface area contributed by atoms with Crippen molar-refractivity contribution in [3.63, 3.8) is 0 Å². The molecule has 0 aliphatic carbocycles. The molecule has 1 heterocycles. The van der Waals surface area contributed by atoms with E-state index in [0.717, 1.165) is 0 Å². The third-order valence-corrected chi connectivity index (χ3v) is 3.98. The summed E-state index contributed by atoms with van der Waals surface area (Å²) in [6.07, 6.45) is -4.34. The number of aromatic nitrogens is 1. The predicted molar refractivity (Wildman–Crippen MR) is 82.3 cm³/mol. The highest BCUT2D eigenvalue weighted by Crippen LogP contribution is 2.40. The Morgan fingerprint density at radius 2 is 1.67 bits per heavy atom. The number of alkyl halides is 3. The van der Waals surface area contributed by atoms with Crippen LogP contribution in [0.25, 0.3) is 0 Å². The molecule has 0 spiro atoms. The number of nitriles is 2. The van der Waals surface area contributed by atoms with Crippen molar-refractivity contribution in [2.75, 3.05) is 0 Å². The average Bonchev–Trinajstić information content (AvgIpc) is 2.53. The highest BCUT2D eigenvalue weighted by atomic mass is 35.5. The summed E-state index contributed by atoms with van der Waals surface area (Å²) in [4.78, 5) is 3.75. The number of hydrogen-bond donors (Lipinski definition) is 0. The van der Waals surface area contributed by atoms with Gasteiger partial charge in [-0.15, -0.1) is 0 Å². The van der Waals surface area contributed by atoms with Crippen LogP contribution in [0, 0.1) is 22.7 Å². The van der Waals surface area contributed by atoms with E-state index in [1.165, 1.54) is 24.3 Å². The van der Waals surface area contributed by atoms with Crippen molar-refractivity contribution in [3.8, 4) is 12.1 Å². The van der Waals surface area contributed by atoms with Crippen molar-refractivity contribution < 1.29 is 13.2 Å². The minimum absolute atomic E-state index is 0.108. The second-order valence-electron chi connectivity index (χ2n) is 4.91. The molecule has 0 saturated heterocycles. The normalized spacial score (nSPS) is 13.6. The van der Waals surface area contributed by atoms with E-state index in [-0.39, 0.29) is 17.1 Å². The number of halogens is 5. The lowest BCUT2D eigenvalue weighted by Crippen LogP contribution is -2.27. The van der Waals surface area contributed by atoms with Gasteiger partial charge in [-0.3, -0.25) is 4.98 Å². The summed E-state index contributed by atoms with van der Waals surface area (Å²) >= 11 is 11.8. The van der Waals surface area contributed by atoms with E-state index >= 15 is 0 Å². The first-order valence-corrected chi connectivity index (χ1v) is 7.27. The van der Waals surface area contributed by atoms with Crippen LogP contribution in [0.3, 0.4) is 0 Å². The summed E-state index contributed by atoms with van der Waals surface area (Å²) in [5, 5.41) is 18.9. The van der Waals surface area contributed by atoms with Crippen molar-refractivity contribution in [2.24, 2.45) is 0 Å². The molecule has 0 N–H and O–H groups in total. The van der Waals surface area contributed by atoms with Gasteiger partial charge >= 0.3 is 6.18 Å². The lowest BCUT2D eigenvalue weighted by molar-refractivity contribution is -0.137. The Kier molecular flexibility index (Phi) is 5.03. The zero-order valence-corrected chi connectivity index (χ0v) is 13.4. The van der Waals surface area contributed by atoms with Gasteiger partial charge in [0.25, 0.3) is 0 Å². The molecule has 1 atom stereocenters. The molecule has 0 amide bonds. The maximum absolute atomic E-state index is 12.8. The third-order valence-electron chi connectivity index (χ3n) is 3.44. The van der Waals surface area contributed by atoms with Gasteiger partial charge in [0.15, 0.2) is 0 Å². The van der Waals surface area contributed by atoms with Crippen molar-refractivity contribution in [1.29, 1.82) is 10.5 Å². The topological polar surface area (TPSA) is 60.5 Å². The largest absolute Gasteiger partial charge is 0.417 e. The Balaban J connectivity index is 2.68. The van der Waals surface area contributed by atoms with Crippen LogP contribution in [0.5, 0.6) is 0 Å². The van der Waals surface area contributed by atoms with Crippen LogP contribution in [-0.4, -0.2) is 4.98 Å². The molecule has 1 unspecified atom stereocenters. The molecule has 1 aromatic carbocycles. The van der Waals surface area contributed by atoms with Crippen LogP contribution in [-0.2, 0) is 11.6 Å². The average molecular weight is 370 g/mol. The molecule has 0 fully saturated rings. The highest BCUT2D eigenvalue weighted by Gasteiger charge is 2.40. The summed E-state index contributed by atoms with van der Waals surface area (Å²) in [7, 11) is 0. The number of rotatable bonds is 3. The van der Waals surface area contributed by atoms with Crippen molar-refractivity contribution in [3.05, 3.63) is 63.4 Å². The van der Waals surface area contributed by atoms with Gasteiger partial charge in [-0.2, -0.15) is 23.7 Å². The second kappa shape index (κ2) is 6.68. The molecular weight excluding hydrogens is 362 g/mol. The van der Waals surface area contributed by atoms with Crippen LogP contribution < -0.4 is 0 Å². The predicted octanol–water partition coefficient (Wildman–Crippen LogP) is 5.13. The molecule has 0 radical (unpaired) electrons. The van der Waals surface area contributed by atoms with Gasteiger partial charge in [0.05, 0.1) is 34.8 Å². The number of pyridine rings is 1. The van der Waals surface area contributed by atoms with Crippen molar-refractivity contribution >= 4 is 23.2 Å². The van der Waals surface area contributed by atoms with Crippen LogP contribution in [0.2, 0.25) is 10.0 Å². The second-order valence-corrected chi connectivity index (χ2v) is 5.75. The van der Waals surface area contributed by atoms with E-state index in [1.807, 2.05) is 12.1 Å². The molecule has 24 heavy (non-hydrogen) atoms. The molecule has 122 valence electrons. The maximum atomic E-state index is 12.8. The summed E-state index contributed by atoms with van der Waals surface area (Å²) < 4.78 is 38.3. The fourth-order valence-corrected chi connectivity index (χ4v) is 2.69. The first-order chi connectivity index (χ1) is 11.2. The third kappa shape index (κ3) is 3.31. The van der Waals surface area contributed by atoms with Gasteiger partial charge < -0.3 is 0 Å². The Bertz CT molecular complexity index is 836. The first kappa shape index (κ1) is 18.1. The molecule has 1 aromatic heterocycles. The van der Waals surface area contributed by atoms with Gasteiger partial charge in [-0.05, 0) is 23.8 Å². The maximum Gasteiger partial charge on any atom is 0.417 e. The van der Waals surface area contributed by atoms with E-state index in [2.05, 4.69) is 4.98 Å². The summed E-state index contributed by atoms with van der Waals surface area (Å²) in [6, 6.07) is 10.6. The fourth-order valence-electron chi connectivity index (χ4n) is 2.24. The van der Waals surface area contributed by atoms with Crippen LogP contribution in [0.4, 0.5) is 13.2 Å². The Hall–Kier alpha value is -2.28. The quantitative estimate of drug-likeness (QED) is 0.753. The molecule has 0 saturated carbocycles. The zero-order valence-electron chi connectivity index (χ0n) is 11.9. The van der Waals surface area contributed by atoms with Gasteiger partial charge in [0, 0.05) is 11.2 Å². The Labute approximate surface area is 145 Å². The van der Waals surface area contributed by atoms with Gasteiger partial charge in [0.2, 0.25) is 0 Å². The van der Waals surface area contributed by atoms with E-state index in [1.54, 1.807) is 0 Å². The molecular formula is C16H8Cl2F3N3. The molecule has 0 aliphatic rings. The fraction of sp³-hybridized carbons (Fsp3) is 0.188. The van der Waals surface area contributed by atoms with Crippen molar-refractivity contribution in [2.45, 2.75) is 18.0 Å². The molecule has 2 aromatic rings. The zero-order chi connectivity index (χ0) is 18.0. The Morgan fingerprint density at radius 3 is 2.12 bits per heavy atom. The molecule has 8 heteroatoms. The van der Waals surface area contributed by atoms with Gasteiger partial charge in [-0.1, -0.05) is 35.3 Å². The summed E-state index contributed by atoms with van der Waals surface area (Å²) in [6.45, 7) is 0. The van der Waals surface area contributed by atoms with Crippen LogP contribution >= 0.6 is 23.2 Å². The lowest BCUT2D eigenvalue weighted by Gasteiger charge is -2.25. The monoisotopic (exact) mass is 369 g/mol. The van der Waals surface area contributed by atoms with Crippen LogP contribution in [0.15, 0.2) is 36.5 Å². The summed E-state index contributed by atoms with van der Waals surface area (Å²) in [5.41, 5.74) is -2.37. The smallest absolute Gasteiger partial charge is 0.257 e. The van der Waals surface area contributed by atoms with Gasteiger partial charge in [-0.25, -0.2) is 0 Å². The number of nitrogens with zero attached hydrogens (tertiary/aromatic N) is 3. The first-order valence-electron chi connectivity index (χ1n) is 6.52. The molecule has 0 aliphatic heterocycles. The molecule has 2 rings (SSSR count).